The van der Waals surface area contributed by atoms with Crippen LogP contribution in [-0.2, 0) is 11.2 Å². The van der Waals surface area contributed by atoms with Gasteiger partial charge in [0.05, 0.1) is 20.8 Å². The Bertz CT molecular complexity index is 681. The Morgan fingerprint density at radius 3 is 2.22 bits per heavy atom. The summed E-state index contributed by atoms with van der Waals surface area (Å²) < 4.78 is 15.7. The van der Waals surface area contributed by atoms with Crippen molar-refractivity contribution in [1.29, 1.82) is 0 Å². The first-order valence-corrected chi connectivity index (χ1v) is 7.57. The van der Waals surface area contributed by atoms with Gasteiger partial charge in [-0.3, -0.25) is 0 Å². The number of ether oxygens (including phenoxy) is 3. The van der Waals surface area contributed by atoms with Crippen molar-refractivity contribution in [3.63, 3.8) is 0 Å². The topological polar surface area (TPSA) is 60.6 Å². The minimum absolute atomic E-state index is 0.317. The SMILES string of the molecule is CCOC(=O)c1[nH]c(C)c(Cc2cc(OC)cc(OC)c2)c1C. The third kappa shape index (κ3) is 3.67. The van der Waals surface area contributed by atoms with Gasteiger partial charge in [-0.25, -0.2) is 4.79 Å². The zero-order valence-corrected chi connectivity index (χ0v) is 14.3. The van der Waals surface area contributed by atoms with Crippen LogP contribution in [0.3, 0.4) is 0 Å². The smallest absolute Gasteiger partial charge is 0.355 e. The first-order valence-electron chi connectivity index (χ1n) is 7.57. The lowest BCUT2D eigenvalue weighted by molar-refractivity contribution is 0.0519. The fraction of sp³-hybridized carbons (Fsp3) is 0.389. The summed E-state index contributed by atoms with van der Waals surface area (Å²) in [6.07, 6.45) is 0.682. The number of methoxy groups -OCH3 is 2. The normalized spacial score (nSPS) is 10.5. The fourth-order valence-corrected chi connectivity index (χ4v) is 2.63. The van der Waals surface area contributed by atoms with E-state index in [9.17, 15) is 4.79 Å². The van der Waals surface area contributed by atoms with Crippen LogP contribution in [-0.4, -0.2) is 31.8 Å². The molecule has 0 bridgehead atoms. The van der Waals surface area contributed by atoms with Gasteiger partial charge in [-0.05, 0) is 56.0 Å². The molecule has 5 nitrogen and oxygen atoms in total. The average molecular weight is 317 g/mol. The fourth-order valence-electron chi connectivity index (χ4n) is 2.63. The van der Waals surface area contributed by atoms with E-state index >= 15 is 0 Å². The van der Waals surface area contributed by atoms with Crippen molar-refractivity contribution < 1.29 is 19.0 Å². The molecule has 0 saturated carbocycles. The molecular weight excluding hydrogens is 294 g/mol. The van der Waals surface area contributed by atoms with Crippen molar-refractivity contribution in [2.45, 2.75) is 27.2 Å². The molecule has 0 spiro atoms. The molecular formula is C18H23NO4. The van der Waals surface area contributed by atoms with Crippen molar-refractivity contribution in [2.24, 2.45) is 0 Å². The summed E-state index contributed by atoms with van der Waals surface area (Å²) in [5.41, 5.74) is 4.55. The van der Waals surface area contributed by atoms with Gasteiger partial charge < -0.3 is 19.2 Å². The van der Waals surface area contributed by atoms with Crippen molar-refractivity contribution in [3.05, 3.63) is 46.3 Å². The van der Waals surface area contributed by atoms with Gasteiger partial charge in [-0.1, -0.05) is 0 Å². The quantitative estimate of drug-likeness (QED) is 0.829. The van der Waals surface area contributed by atoms with E-state index in [1.807, 2.05) is 32.0 Å². The van der Waals surface area contributed by atoms with Crippen LogP contribution in [0, 0.1) is 13.8 Å². The molecule has 124 valence electrons. The van der Waals surface area contributed by atoms with Crippen molar-refractivity contribution >= 4 is 5.97 Å². The highest BCUT2D eigenvalue weighted by atomic mass is 16.5. The molecule has 0 aliphatic rings. The molecule has 2 rings (SSSR count). The second kappa shape index (κ2) is 7.22. The third-order valence-corrected chi connectivity index (χ3v) is 3.86. The van der Waals surface area contributed by atoms with Crippen molar-refractivity contribution in [2.75, 3.05) is 20.8 Å². The number of nitrogens with one attached hydrogen (secondary N) is 1. The van der Waals surface area contributed by atoms with Crippen LogP contribution < -0.4 is 9.47 Å². The summed E-state index contributed by atoms with van der Waals surface area (Å²) in [7, 11) is 3.26. The molecule has 0 atom stereocenters. The van der Waals surface area contributed by atoms with E-state index < -0.39 is 0 Å². The first-order chi connectivity index (χ1) is 11.0. The molecule has 1 aromatic heterocycles. The van der Waals surface area contributed by atoms with Gasteiger partial charge in [-0.15, -0.1) is 0 Å². The summed E-state index contributed by atoms with van der Waals surface area (Å²) >= 11 is 0. The number of aromatic amines is 1. The molecule has 1 aromatic carbocycles. The van der Waals surface area contributed by atoms with Gasteiger partial charge in [0.2, 0.25) is 0 Å². The van der Waals surface area contributed by atoms with Crippen molar-refractivity contribution in [1.82, 2.24) is 4.98 Å². The van der Waals surface area contributed by atoms with Crippen LogP contribution in [0.4, 0.5) is 0 Å². The largest absolute Gasteiger partial charge is 0.497 e. The predicted octanol–water partition coefficient (Wildman–Crippen LogP) is 3.42. The Morgan fingerprint density at radius 1 is 1.09 bits per heavy atom. The Kier molecular flexibility index (Phi) is 5.32. The summed E-state index contributed by atoms with van der Waals surface area (Å²) in [5, 5.41) is 0. The average Bonchev–Trinajstić information content (AvgIpc) is 2.83. The number of hydrogen-bond acceptors (Lipinski definition) is 4. The zero-order valence-electron chi connectivity index (χ0n) is 14.3. The van der Waals surface area contributed by atoms with Crippen LogP contribution in [0.15, 0.2) is 18.2 Å². The van der Waals surface area contributed by atoms with Gasteiger partial charge in [0.25, 0.3) is 0 Å². The van der Waals surface area contributed by atoms with E-state index in [0.29, 0.717) is 18.7 Å². The molecule has 2 aromatic rings. The van der Waals surface area contributed by atoms with E-state index in [2.05, 4.69) is 4.98 Å². The van der Waals surface area contributed by atoms with E-state index in [1.165, 1.54) is 0 Å². The van der Waals surface area contributed by atoms with Gasteiger partial charge in [0.1, 0.15) is 17.2 Å². The highest BCUT2D eigenvalue weighted by Gasteiger charge is 2.18. The number of rotatable bonds is 6. The third-order valence-electron chi connectivity index (χ3n) is 3.86. The molecule has 0 aliphatic carbocycles. The number of aryl methyl sites for hydroxylation is 1. The van der Waals surface area contributed by atoms with E-state index in [0.717, 1.165) is 33.9 Å². The summed E-state index contributed by atoms with van der Waals surface area (Å²) in [6, 6.07) is 5.78. The highest BCUT2D eigenvalue weighted by molar-refractivity contribution is 5.89. The maximum Gasteiger partial charge on any atom is 0.355 e. The van der Waals surface area contributed by atoms with Crippen LogP contribution in [0.1, 0.15) is 39.8 Å². The maximum absolute atomic E-state index is 12.0. The molecule has 0 unspecified atom stereocenters. The summed E-state index contributed by atoms with van der Waals surface area (Å²) in [5.74, 6) is 1.18. The van der Waals surface area contributed by atoms with Gasteiger partial charge in [0, 0.05) is 11.8 Å². The van der Waals surface area contributed by atoms with Gasteiger partial charge >= 0.3 is 5.97 Å². The molecule has 5 heteroatoms. The minimum Gasteiger partial charge on any atom is -0.497 e. The minimum atomic E-state index is -0.317. The van der Waals surface area contributed by atoms with Crippen LogP contribution in [0.25, 0.3) is 0 Å². The Labute approximate surface area is 136 Å². The monoisotopic (exact) mass is 317 g/mol. The van der Waals surface area contributed by atoms with E-state index in [4.69, 9.17) is 14.2 Å². The number of carbonyl (C=O) groups is 1. The van der Waals surface area contributed by atoms with E-state index in [-0.39, 0.29) is 5.97 Å². The van der Waals surface area contributed by atoms with Crippen molar-refractivity contribution in [3.8, 4) is 11.5 Å². The standard InChI is InChI=1S/C18H23NO4/c1-6-23-18(20)17-11(2)16(12(3)19-17)9-13-7-14(21-4)10-15(8-13)22-5/h7-8,10,19H,6,9H2,1-5H3. The Balaban J connectivity index is 2.35. The molecule has 23 heavy (non-hydrogen) atoms. The lowest BCUT2D eigenvalue weighted by Crippen LogP contribution is -2.06. The van der Waals surface area contributed by atoms with Gasteiger partial charge in [0.15, 0.2) is 0 Å². The zero-order chi connectivity index (χ0) is 17.0. The molecule has 0 saturated heterocycles. The molecule has 0 fully saturated rings. The number of benzene rings is 1. The Morgan fingerprint density at radius 2 is 1.70 bits per heavy atom. The second-order valence-corrected chi connectivity index (χ2v) is 5.35. The van der Waals surface area contributed by atoms with Crippen LogP contribution in [0.2, 0.25) is 0 Å². The lowest BCUT2D eigenvalue weighted by atomic mass is 10.0. The molecule has 0 aliphatic heterocycles. The summed E-state index contributed by atoms with van der Waals surface area (Å²) in [4.78, 5) is 15.1. The molecule has 1 heterocycles. The molecule has 1 N–H and O–H groups in total. The number of aromatic nitrogens is 1. The number of carbonyl (C=O) groups excluding carboxylic acids is 1. The summed E-state index contributed by atoms with van der Waals surface area (Å²) in [6.45, 7) is 6.05. The highest BCUT2D eigenvalue weighted by Crippen LogP contribution is 2.27. The second-order valence-electron chi connectivity index (χ2n) is 5.35. The predicted molar refractivity (Wildman–Crippen MR) is 88.6 cm³/mol. The van der Waals surface area contributed by atoms with Gasteiger partial charge in [-0.2, -0.15) is 0 Å². The number of hydrogen-bond donors (Lipinski definition) is 1. The molecule has 0 radical (unpaired) electrons. The van der Waals surface area contributed by atoms with Crippen LogP contribution in [0.5, 0.6) is 11.5 Å². The number of esters is 1. The first kappa shape index (κ1) is 16.9. The molecule has 0 amide bonds. The Hall–Kier alpha value is -2.43. The lowest BCUT2D eigenvalue weighted by Gasteiger charge is -2.09. The number of H-pyrrole nitrogens is 1. The maximum atomic E-state index is 12.0. The van der Waals surface area contributed by atoms with Crippen LogP contribution >= 0.6 is 0 Å². The van der Waals surface area contributed by atoms with E-state index in [1.54, 1.807) is 21.1 Å².